The molecule has 1 fully saturated rings. The average Bonchev–Trinajstić information content (AvgIpc) is 3.22. The van der Waals surface area contributed by atoms with Crippen LogP contribution in [0.4, 0.5) is 13.2 Å². The Bertz CT molecular complexity index is 2070. The number of carbonyl (C=O) groups excluding carboxylic acids is 4. The van der Waals surface area contributed by atoms with E-state index < -0.39 is 47.9 Å². The number of nitrogens with one attached hydrogen (secondary N) is 3. The van der Waals surface area contributed by atoms with Gasteiger partial charge in [0.15, 0.2) is 0 Å². The first kappa shape index (κ1) is 45.5. The molecule has 0 bridgehead atoms. The molecule has 0 aromatic heterocycles. The molecule has 3 amide bonds. The first-order valence-electron chi connectivity index (χ1n) is 19.3. The summed E-state index contributed by atoms with van der Waals surface area (Å²) < 4.78 is 37.2. The number of nitrogen functional groups attached to an aromatic ring is 1. The van der Waals surface area contributed by atoms with Gasteiger partial charge >= 0.3 is 18.1 Å². The van der Waals surface area contributed by atoms with Gasteiger partial charge in [-0.2, -0.15) is 13.2 Å². The number of fused-ring (bicyclic) bond motifs is 1. The highest BCUT2D eigenvalue weighted by atomic mass is 19.4. The van der Waals surface area contributed by atoms with Gasteiger partial charge in [0, 0.05) is 25.6 Å². The quantitative estimate of drug-likeness (QED) is 0.0422. The van der Waals surface area contributed by atoms with Crippen molar-refractivity contribution in [2.24, 2.45) is 17.6 Å². The average molecular weight is 818 g/mol. The Morgan fingerprint density at radius 2 is 1.44 bits per heavy atom. The minimum Gasteiger partial charge on any atom is -0.475 e. The van der Waals surface area contributed by atoms with E-state index in [9.17, 15) is 32.3 Å². The van der Waals surface area contributed by atoms with Crippen molar-refractivity contribution < 1.29 is 47.0 Å². The summed E-state index contributed by atoms with van der Waals surface area (Å²) in [6, 6.07) is 28.2. The second kappa shape index (κ2) is 21.5. The molecule has 59 heavy (non-hydrogen) atoms. The standard InChI is InChI=1S/C42H49N5O5.C2HF3O2/c1-3-52-42(51)36(26-33-19-12-18-30-15-10-11-20-34(30)33)45-40(49)37(31-16-8-5-9-17-31)46-39(48)35(25-28-21-23-32(24-22-28)38(43)44)41(50)47(2)27-29-13-6-4-7-14-29;3-2(4,5)1(6)7/h4,6-7,10-15,18-24,31,35-37H,3,5,8-9,16-17,25-27H2,1-2H3,(H3,43,44)(H,45,49)(H,46,48);(H,6,7)/t35?,36?,37-;/m0./s1. The third kappa shape index (κ3) is 13.4. The number of carboxylic acid groups (broad SMARTS) is 1. The van der Waals surface area contributed by atoms with Crippen molar-refractivity contribution in [2.75, 3.05) is 13.7 Å². The minimum absolute atomic E-state index is 0.0769. The summed E-state index contributed by atoms with van der Waals surface area (Å²) in [5, 5.41) is 22.8. The molecule has 12 nitrogen and oxygen atoms in total. The number of esters is 1. The van der Waals surface area contributed by atoms with Gasteiger partial charge in [0.25, 0.3) is 0 Å². The second-order valence-corrected chi connectivity index (χ2v) is 14.4. The molecule has 0 radical (unpaired) electrons. The second-order valence-electron chi connectivity index (χ2n) is 14.4. The number of carbonyl (C=O) groups is 5. The SMILES string of the molecule is CCOC(=O)C(Cc1cccc2ccccc12)NC(=O)[C@@H](NC(=O)C(Cc1ccc(C(=N)N)cc1)C(=O)N(C)Cc1ccccc1)C1CCCCC1.O=C(O)C(F)(F)F. The van der Waals surface area contributed by atoms with Crippen LogP contribution in [0.25, 0.3) is 10.8 Å². The monoisotopic (exact) mass is 817 g/mol. The number of alkyl halides is 3. The number of hydrogen-bond donors (Lipinski definition) is 5. The molecule has 4 aromatic rings. The fourth-order valence-electron chi connectivity index (χ4n) is 7.06. The van der Waals surface area contributed by atoms with Gasteiger partial charge in [0.2, 0.25) is 17.7 Å². The molecule has 2 unspecified atom stereocenters. The van der Waals surface area contributed by atoms with Crippen molar-refractivity contribution >= 4 is 46.3 Å². The van der Waals surface area contributed by atoms with E-state index >= 15 is 0 Å². The van der Waals surface area contributed by atoms with Crippen LogP contribution in [0, 0.1) is 17.2 Å². The summed E-state index contributed by atoms with van der Waals surface area (Å²) in [7, 11) is 1.66. The van der Waals surface area contributed by atoms with E-state index in [4.69, 9.17) is 25.8 Å². The van der Waals surface area contributed by atoms with Crippen LogP contribution in [-0.2, 0) is 48.1 Å². The van der Waals surface area contributed by atoms with Crippen molar-refractivity contribution in [3.63, 3.8) is 0 Å². The van der Waals surface area contributed by atoms with Gasteiger partial charge in [-0.25, -0.2) is 9.59 Å². The highest BCUT2D eigenvalue weighted by Crippen LogP contribution is 2.28. The van der Waals surface area contributed by atoms with Gasteiger partial charge in [0.05, 0.1) is 6.61 Å². The number of ether oxygens (including phenoxy) is 1. The third-order valence-corrected chi connectivity index (χ3v) is 10.1. The van der Waals surface area contributed by atoms with E-state index in [0.29, 0.717) is 17.7 Å². The number of nitrogens with two attached hydrogens (primary N) is 1. The van der Waals surface area contributed by atoms with Gasteiger partial charge < -0.3 is 31.1 Å². The molecule has 1 aliphatic rings. The molecule has 0 aliphatic heterocycles. The molecule has 3 atom stereocenters. The number of aliphatic carboxylic acids is 1. The fraction of sp³-hybridized carbons (Fsp3) is 0.364. The minimum atomic E-state index is -5.08. The lowest BCUT2D eigenvalue weighted by Crippen LogP contribution is -2.57. The molecule has 1 aliphatic carbocycles. The molecule has 0 heterocycles. The number of rotatable bonds is 15. The molecule has 5 rings (SSSR count). The zero-order valence-electron chi connectivity index (χ0n) is 33.0. The maximum atomic E-state index is 14.4. The lowest BCUT2D eigenvalue weighted by molar-refractivity contribution is -0.192. The summed E-state index contributed by atoms with van der Waals surface area (Å²) in [6.07, 6.45) is -0.492. The molecule has 1 saturated carbocycles. The van der Waals surface area contributed by atoms with Gasteiger partial charge in [-0.05, 0) is 59.6 Å². The number of amides is 3. The largest absolute Gasteiger partial charge is 0.490 e. The van der Waals surface area contributed by atoms with E-state index in [-0.39, 0.29) is 37.1 Å². The fourth-order valence-corrected chi connectivity index (χ4v) is 7.06. The first-order chi connectivity index (χ1) is 28.1. The van der Waals surface area contributed by atoms with Crippen LogP contribution in [0.2, 0.25) is 0 Å². The zero-order valence-corrected chi connectivity index (χ0v) is 33.0. The molecule has 314 valence electrons. The molecule has 0 spiro atoms. The van der Waals surface area contributed by atoms with Crippen LogP contribution in [0.5, 0.6) is 0 Å². The maximum Gasteiger partial charge on any atom is 0.490 e. The van der Waals surface area contributed by atoms with Crippen LogP contribution < -0.4 is 16.4 Å². The Kier molecular flexibility index (Phi) is 16.6. The number of amidine groups is 1. The van der Waals surface area contributed by atoms with Gasteiger partial charge in [-0.1, -0.05) is 116 Å². The summed E-state index contributed by atoms with van der Waals surface area (Å²) >= 11 is 0. The third-order valence-electron chi connectivity index (χ3n) is 10.1. The molecule has 15 heteroatoms. The normalized spacial score (nSPS) is 14.4. The number of nitrogens with zero attached hydrogens (tertiary/aromatic N) is 1. The van der Waals surface area contributed by atoms with Crippen LogP contribution >= 0.6 is 0 Å². The van der Waals surface area contributed by atoms with Crippen molar-refractivity contribution in [1.29, 1.82) is 5.41 Å². The number of hydrogen-bond acceptors (Lipinski definition) is 7. The highest BCUT2D eigenvalue weighted by molar-refractivity contribution is 6.02. The lowest BCUT2D eigenvalue weighted by atomic mass is 9.83. The number of benzene rings is 4. The number of halogens is 3. The zero-order chi connectivity index (χ0) is 43.1. The Balaban J connectivity index is 0.00000101. The molecular weight excluding hydrogens is 768 g/mol. The van der Waals surface area contributed by atoms with Crippen LogP contribution in [-0.4, -0.2) is 77.4 Å². The van der Waals surface area contributed by atoms with E-state index in [2.05, 4.69) is 10.6 Å². The molecule has 4 aromatic carbocycles. The summed E-state index contributed by atoms with van der Waals surface area (Å²) in [5.41, 5.74) is 8.70. The highest BCUT2D eigenvalue weighted by Gasteiger charge is 2.39. The smallest absolute Gasteiger partial charge is 0.475 e. The molecular formula is C44H50F3N5O7. The van der Waals surface area contributed by atoms with Crippen molar-refractivity contribution in [3.8, 4) is 0 Å². The lowest BCUT2D eigenvalue weighted by Gasteiger charge is -2.32. The van der Waals surface area contributed by atoms with Gasteiger partial charge in [-0.3, -0.25) is 19.8 Å². The van der Waals surface area contributed by atoms with Crippen LogP contribution in [0.3, 0.4) is 0 Å². The summed E-state index contributed by atoms with van der Waals surface area (Å²) in [4.78, 5) is 66.5. The van der Waals surface area contributed by atoms with E-state index in [1.165, 1.54) is 4.90 Å². The van der Waals surface area contributed by atoms with Crippen molar-refractivity contribution in [1.82, 2.24) is 15.5 Å². The van der Waals surface area contributed by atoms with E-state index in [1.54, 1.807) is 38.2 Å². The van der Waals surface area contributed by atoms with Crippen LogP contribution in [0.1, 0.15) is 61.3 Å². The van der Waals surface area contributed by atoms with E-state index in [0.717, 1.165) is 54.0 Å². The van der Waals surface area contributed by atoms with E-state index in [1.807, 2.05) is 72.8 Å². The Morgan fingerprint density at radius 3 is 2.05 bits per heavy atom. The predicted molar refractivity (Wildman–Crippen MR) is 216 cm³/mol. The summed E-state index contributed by atoms with van der Waals surface area (Å²) in [5.74, 6) is -6.14. The van der Waals surface area contributed by atoms with Crippen LogP contribution in [0.15, 0.2) is 97.1 Å². The topological polar surface area (TPSA) is 192 Å². The van der Waals surface area contributed by atoms with Gasteiger partial charge in [-0.15, -0.1) is 0 Å². The van der Waals surface area contributed by atoms with Crippen molar-refractivity contribution in [2.45, 2.75) is 76.7 Å². The van der Waals surface area contributed by atoms with Crippen molar-refractivity contribution in [3.05, 3.63) is 119 Å². The molecule has 0 saturated heterocycles. The maximum absolute atomic E-state index is 14.4. The number of carboxylic acids is 1. The summed E-state index contributed by atoms with van der Waals surface area (Å²) in [6.45, 7) is 2.17. The van der Waals surface area contributed by atoms with Gasteiger partial charge in [0.1, 0.15) is 23.8 Å². The molecule has 6 N–H and O–H groups in total. The Labute approximate surface area is 340 Å². The Morgan fingerprint density at radius 1 is 0.831 bits per heavy atom. The first-order valence-corrected chi connectivity index (χ1v) is 19.3. The Hall–Kier alpha value is -6.25. The predicted octanol–water partition coefficient (Wildman–Crippen LogP) is 5.93.